The third-order valence-electron chi connectivity index (χ3n) is 5.59. The normalized spacial score (nSPS) is 11.1. The summed E-state index contributed by atoms with van der Waals surface area (Å²) in [6.45, 7) is 3.18. The van der Waals surface area contributed by atoms with Crippen molar-refractivity contribution in [3.05, 3.63) is 120 Å². The fourth-order valence-electron chi connectivity index (χ4n) is 4.24. The second kappa shape index (κ2) is 7.44. The van der Waals surface area contributed by atoms with Gasteiger partial charge in [0.1, 0.15) is 0 Å². The summed E-state index contributed by atoms with van der Waals surface area (Å²) in [5.41, 5.74) is 7.53. The Hall–Kier alpha value is -3.58. The first-order chi connectivity index (χ1) is 14.3. The van der Waals surface area contributed by atoms with Crippen LogP contribution in [0.15, 0.2) is 103 Å². The molecule has 140 valence electrons. The van der Waals surface area contributed by atoms with Gasteiger partial charge in [0.25, 0.3) is 0 Å². The van der Waals surface area contributed by atoms with Gasteiger partial charge in [-0.15, -0.1) is 0 Å². The molecule has 0 fully saturated rings. The maximum atomic E-state index is 2.40. The van der Waals surface area contributed by atoms with Gasteiger partial charge in [0.2, 0.25) is 0 Å². The quantitative estimate of drug-likeness (QED) is 0.289. The van der Waals surface area contributed by atoms with E-state index >= 15 is 0 Å². The third kappa shape index (κ3) is 3.15. The standard InChI is InChI=1S/C28H23N/c1-2-29-27-16-10-9-15-24(27)26-20-21(17-18-28(26)29)19-25(22-11-5-3-6-12-22)23-13-7-4-8-14-23/h3-20H,2H2,1H3. The highest BCUT2D eigenvalue weighted by molar-refractivity contribution is 6.09. The molecule has 0 atom stereocenters. The summed E-state index contributed by atoms with van der Waals surface area (Å²) in [6.07, 6.45) is 2.31. The van der Waals surface area contributed by atoms with Crippen molar-refractivity contribution >= 4 is 33.5 Å². The summed E-state index contributed by atoms with van der Waals surface area (Å²) < 4.78 is 2.40. The molecular weight excluding hydrogens is 350 g/mol. The van der Waals surface area contributed by atoms with Crippen LogP contribution in [0.3, 0.4) is 0 Å². The maximum absolute atomic E-state index is 2.40. The van der Waals surface area contributed by atoms with Crippen LogP contribution in [0.1, 0.15) is 23.6 Å². The summed E-state index contributed by atoms with van der Waals surface area (Å²) in [6, 6.07) is 36.8. The molecule has 0 saturated carbocycles. The number of benzene rings is 4. The fraction of sp³-hybridized carbons (Fsp3) is 0.0714. The Bertz CT molecular complexity index is 1270. The van der Waals surface area contributed by atoms with Crippen molar-refractivity contribution in [2.75, 3.05) is 0 Å². The lowest BCUT2D eigenvalue weighted by Gasteiger charge is -2.09. The third-order valence-corrected chi connectivity index (χ3v) is 5.59. The average Bonchev–Trinajstić information content (AvgIpc) is 3.11. The van der Waals surface area contributed by atoms with E-state index in [9.17, 15) is 0 Å². The molecule has 0 aliphatic rings. The molecule has 1 aromatic heterocycles. The molecule has 0 unspecified atom stereocenters. The monoisotopic (exact) mass is 373 g/mol. The zero-order valence-corrected chi connectivity index (χ0v) is 16.5. The van der Waals surface area contributed by atoms with Crippen molar-refractivity contribution in [3.8, 4) is 0 Å². The van der Waals surface area contributed by atoms with Crippen LogP contribution < -0.4 is 0 Å². The Kier molecular flexibility index (Phi) is 4.50. The highest BCUT2D eigenvalue weighted by atomic mass is 15.0. The van der Waals surface area contributed by atoms with Crippen molar-refractivity contribution < 1.29 is 0 Å². The van der Waals surface area contributed by atoms with Crippen LogP contribution in [-0.2, 0) is 6.54 Å². The Morgan fingerprint density at radius 1 is 0.655 bits per heavy atom. The van der Waals surface area contributed by atoms with E-state index in [0.717, 1.165) is 6.54 Å². The zero-order valence-electron chi connectivity index (χ0n) is 16.5. The van der Waals surface area contributed by atoms with Gasteiger partial charge in [-0.2, -0.15) is 0 Å². The molecule has 4 aromatic carbocycles. The van der Waals surface area contributed by atoms with Gasteiger partial charge in [0, 0.05) is 28.4 Å². The van der Waals surface area contributed by atoms with Gasteiger partial charge in [0.05, 0.1) is 0 Å². The minimum Gasteiger partial charge on any atom is -0.341 e. The molecule has 0 aliphatic heterocycles. The molecular formula is C28H23N. The Morgan fingerprint density at radius 2 is 1.24 bits per heavy atom. The van der Waals surface area contributed by atoms with E-state index < -0.39 is 0 Å². The van der Waals surface area contributed by atoms with Gasteiger partial charge in [0.15, 0.2) is 0 Å². The number of fused-ring (bicyclic) bond motifs is 3. The number of hydrogen-bond acceptors (Lipinski definition) is 0. The van der Waals surface area contributed by atoms with Crippen LogP contribution in [-0.4, -0.2) is 4.57 Å². The topological polar surface area (TPSA) is 4.93 Å². The highest BCUT2D eigenvalue weighted by Gasteiger charge is 2.10. The van der Waals surface area contributed by atoms with E-state index in [1.807, 2.05) is 0 Å². The molecule has 1 heterocycles. The molecule has 0 aliphatic carbocycles. The van der Waals surface area contributed by atoms with Crippen molar-refractivity contribution in [2.24, 2.45) is 0 Å². The molecule has 0 bridgehead atoms. The highest BCUT2D eigenvalue weighted by Crippen LogP contribution is 2.32. The minimum absolute atomic E-state index is 0.971. The first kappa shape index (κ1) is 17.5. The van der Waals surface area contributed by atoms with Crippen LogP contribution in [0.2, 0.25) is 0 Å². The van der Waals surface area contributed by atoms with Crippen LogP contribution in [0, 0.1) is 0 Å². The lowest BCUT2D eigenvalue weighted by Crippen LogP contribution is -1.92. The summed E-state index contributed by atoms with van der Waals surface area (Å²) >= 11 is 0. The Labute approximate surface area is 171 Å². The summed E-state index contributed by atoms with van der Waals surface area (Å²) in [5, 5.41) is 2.64. The van der Waals surface area contributed by atoms with Crippen molar-refractivity contribution in [1.82, 2.24) is 4.57 Å². The number of hydrogen-bond donors (Lipinski definition) is 0. The lowest BCUT2D eigenvalue weighted by molar-refractivity contribution is 0.827. The van der Waals surface area contributed by atoms with Crippen molar-refractivity contribution in [3.63, 3.8) is 0 Å². The maximum Gasteiger partial charge on any atom is 0.0491 e. The smallest absolute Gasteiger partial charge is 0.0491 e. The van der Waals surface area contributed by atoms with Gasteiger partial charge in [-0.25, -0.2) is 0 Å². The van der Waals surface area contributed by atoms with Gasteiger partial charge < -0.3 is 4.57 Å². The Morgan fingerprint density at radius 3 is 1.90 bits per heavy atom. The molecule has 29 heavy (non-hydrogen) atoms. The average molecular weight is 373 g/mol. The van der Waals surface area contributed by atoms with Gasteiger partial charge in [-0.1, -0.05) is 84.9 Å². The molecule has 0 radical (unpaired) electrons. The van der Waals surface area contributed by atoms with E-state index in [1.54, 1.807) is 0 Å². The number of nitrogens with zero attached hydrogens (tertiary/aromatic N) is 1. The summed E-state index contributed by atoms with van der Waals surface area (Å²) in [7, 11) is 0. The van der Waals surface area contributed by atoms with Gasteiger partial charge >= 0.3 is 0 Å². The molecule has 0 spiro atoms. The van der Waals surface area contributed by atoms with Crippen LogP contribution in [0.5, 0.6) is 0 Å². The van der Waals surface area contributed by atoms with Crippen LogP contribution in [0.25, 0.3) is 33.5 Å². The number of aromatic nitrogens is 1. The SMILES string of the molecule is CCn1c2ccccc2c2cc(C=C(c3ccccc3)c3ccccc3)ccc21. The molecule has 5 rings (SSSR count). The van der Waals surface area contributed by atoms with E-state index in [2.05, 4.69) is 121 Å². The zero-order chi connectivity index (χ0) is 19.6. The summed E-state index contributed by atoms with van der Waals surface area (Å²) in [4.78, 5) is 0. The van der Waals surface area contributed by atoms with E-state index in [1.165, 1.54) is 44.1 Å². The lowest BCUT2D eigenvalue weighted by atomic mass is 9.95. The first-order valence-corrected chi connectivity index (χ1v) is 10.2. The van der Waals surface area contributed by atoms with Crippen LogP contribution >= 0.6 is 0 Å². The Balaban J connectivity index is 1.73. The first-order valence-electron chi connectivity index (χ1n) is 10.2. The largest absolute Gasteiger partial charge is 0.341 e. The predicted octanol–water partition coefficient (Wildman–Crippen LogP) is 7.40. The van der Waals surface area contributed by atoms with Gasteiger partial charge in [-0.05, 0) is 53.5 Å². The van der Waals surface area contributed by atoms with Crippen LogP contribution in [0.4, 0.5) is 0 Å². The molecule has 1 heteroatoms. The fourth-order valence-corrected chi connectivity index (χ4v) is 4.24. The second-order valence-electron chi connectivity index (χ2n) is 7.33. The summed E-state index contributed by atoms with van der Waals surface area (Å²) in [5.74, 6) is 0. The number of aryl methyl sites for hydroxylation is 1. The molecule has 0 N–H and O–H groups in total. The van der Waals surface area contributed by atoms with Gasteiger partial charge in [-0.3, -0.25) is 0 Å². The van der Waals surface area contributed by atoms with E-state index in [4.69, 9.17) is 0 Å². The van der Waals surface area contributed by atoms with Crippen molar-refractivity contribution in [2.45, 2.75) is 13.5 Å². The number of rotatable bonds is 4. The number of para-hydroxylation sites is 1. The van der Waals surface area contributed by atoms with E-state index in [-0.39, 0.29) is 0 Å². The second-order valence-corrected chi connectivity index (χ2v) is 7.33. The molecule has 1 nitrogen and oxygen atoms in total. The molecule has 5 aromatic rings. The molecule has 0 amide bonds. The van der Waals surface area contributed by atoms with Crippen molar-refractivity contribution in [1.29, 1.82) is 0 Å². The van der Waals surface area contributed by atoms with E-state index in [0.29, 0.717) is 0 Å². The molecule has 0 saturated heterocycles. The minimum atomic E-state index is 0.971. The predicted molar refractivity (Wildman–Crippen MR) is 125 cm³/mol.